The second-order valence-corrected chi connectivity index (χ2v) is 7.00. The summed E-state index contributed by atoms with van der Waals surface area (Å²) >= 11 is 1.81. The number of hydrogen-bond acceptors (Lipinski definition) is 2. The van der Waals surface area contributed by atoms with E-state index in [-0.39, 0.29) is 0 Å². The van der Waals surface area contributed by atoms with Crippen LogP contribution in [0.1, 0.15) is 22.6 Å². The first-order valence-corrected chi connectivity index (χ1v) is 8.59. The fraction of sp³-hybridized carbons (Fsp3) is 0.200. The highest BCUT2D eigenvalue weighted by molar-refractivity contribution is 7.13. The molecule has 1 aliphatic rings. The third-order valence-electron chi connectivity index (χ3n) is 4.46. The average Bonchev–Trinajstić information content (AvgIpc) is 3.09. The molecule has 1 aromatic heterocycles. The minimum atomic E-state index is 0.479. The minimum absolute atomic E-state index is 0.479. The van der Waals surface area contributed by atoms with Crippen LogP contribution in [-0.2, 0) is 6.54 Å². The lowest BCUT2D eigenvalue weighted by Crippen LogP contribution is -2.30. The molecule has 0 radical (unpaired) electrons. The van der Waals surface area contributed by atoms with Crippen molar-refractivity contribution >= 4 is 11.3 Å². The van der Waals surface area contributed by atoms with E-state index in [4.69, 9.17) is 0 Å². The average molecular weight is 305 g/mol. The van der Waals surface area contributed by atoms with Crippen molar-refractivity contribution in [2.24, 2.45) is 0 Å². The monoisotopic (exact) mass is 305 g/mol. The lowest BCUT2D eigenvalue weighted by molar-refractivity contribution is 0.295. The first kappa shape index (κ1) is 13.7. The minimum Gasteiger partial charge on any atom is -0.301 e. The van der Waals surface area contributed by atoms with Crippen molar-refractivity contribution in [3.8, 4) is 10.4 Å². The maximum absolute atomic E-state index is 2.43. The number of nitrogens with zero attached hydrogens (tertiary/aromatic N) is 1. The zero-order valence-corrected chi connectivity index (χ0v) is 13.5. The van der Waals surface area contributed by atoms with Crippen molar-refractivity contribution < 1.29 is 0 Å². The van der Waals surface area contributed by atoms with Gasteiger partial charge in [0.25, 0.3) is 0 Å². The van der Waals surface area contributed by atoms with Gasteiger partial charge in [-0.3, -0.25) is 0 Å². The molecule has 22 heavy (non-hydrogen) atoms. The van der Waals surface area contributed by atoms with E-state index in [0.29, 0.717) is 5.92 Å². The van der Waals surface area contributed by atoms with Gasteiger partial charge in [-0.2, -0.15) is 0 Å². The molecule has 0 saturated carbocycles. The number of hydrogen-bond donors (Lipinski definition) is 0. The molecule has 0 unspecified atom stereocenters. The predicted octanol–water partition coefficient (Wildman–Crippen LogP) is 4.99. The summed E-state index contributed by atoms with van der Waals surface area (Å²) in [6.07, 6.45) is 0. The molecule has 2 heteroatoms. The van der Waals surface area contributed by atoms with Gasteiger partial charge >= 0.3 is 0 Å². The van der Waals surface area contributed by atoms with Gasteiger partial charge in [0.05, 0.1) is 0 Å². The van der Waals surface area contributed by atoms with Gasteiger partial charge in [-0.1, -0.05) is 48.5 Å². The third-order valence-corrected chi connectivity index (χ3v) is 5.38. The van der Waals surface area contributed by atoms with Gasteiger partial charge in [-0.25, -0.2) is 0 Å². The molecule has 3 aromatic rings. The van der Waals surface area contributed by atoms with Crippen LogP contribution in [0.4, 0.5) is 0 Å². The van der Waals surface area contributed by atoms with Gasteiger partial charge < -0.3 is 4.90 Å². The van der Waals surface area contributed by atoms with E-state index in [1.165, 1.54) is 27.1 Å². The van der Waals surface area contributed by atoms with Crippen molar-refractivity contribution in [1.29, 1.82) is 0 Å². The van der Waals surface area contributed by atoms with Gasteiger partial charge in [-0.15, -0.1) is 11.3 Å². The summed E-state index contributed by atoms with van der Waals surface area (Å²) in [6.45, 7) is 2.13. The Balaban J connectivity index is 1.78. The fourth-order valence-electron chi connectivity index (χ4n) is 3.41. The largest absolute Gasteiger partial charge is 0.301 e. The van der Waals surface area contributed by atoms with Crippen molar-refractivity contribution in [3.63, 3.8) is 0 Å². The van der Waals surface area contributed by atoms with Gasteiger partial charge in [0.15, 0.2) is 0 Å². The summed E-state index contributed by atoms with van der Waals surface area (Å²) in [5.74, 6) is 0.479. The molecule has 1 atom stereocenters. The highest BCUT2D eigenvalue weighted by atomic mass is 32.1. The highest BCUT2D eigenvalue weighted by Crippen LogP contribution is 2.36. The van der Waals surface area contributed by atoms with Crippen LogP contribution in [0.5, 0.6) is 0 Å². The zero-order chi connectivity index (χ0) is 14.9. The maximum Gasteiger partial charge on any atom is 0.0342 e. The molecular formula is C20H19NS. The van der Waals surface area contributed by atoms with Crippen LogP contribution >= 0.6 is 11.3 Å². The van der Waals surface area contributed by atoms with Gasteiger partial charge in [0, 0.05) is 23.9 Å². The lowest BCUT2D eigenvalue weighted by atomic mass is 9.84. The molecule has 0 bridgehead atoms. The summed E-state index contributed by atoms with van der Waals surface area (Å²) in [5.41, 5.74) is 5.72. The van der Waals surface area contributed by atoms with E-state index >= 15 is 0 Å². The second kappa shape index (κ2) is 5.71. The Kier molecular flexibility index (Phi) is 3.57. The molecule has 110 valence electrons. The van der Waals surface area contributed by atoms with Crippen LogP contribution < -0.4 is 0 Å². The maximum atomic E-state index is 2.43. The number of likely N-dealkylation sites (N-methyl/N-ethyl adjacent to an activating group) is 1. The first-order valence-electron chi connectivity index (χ1n) is 7.71. The second-order valence-electron chi connectivity index (χ2n) is 6.05. The predicted molar refractivity (Wildman–Crippen MR) is 94.4 cm³/mol. The topological polar surface area (TPSA) is 3.24 Å². The normalized spacial score (nSPS) is 18.1. The van der Waals surface area contributed by atoms with E-state index in [2.05, 4.69) is 78.0 Å². The molecule has 0 aliphatic carbocycles. The smallest absolute Gasteiger partial charge is 0.0342 e. The summed E-state index contributed by atoms with van der Waals surface area (Å²) in [5, 5.41) is 2.15. The summed E-state index contributed by atoms with van der Waals surface area (Å²) in [7, 11) is 2.22. The Morgan fingerprint density at radius 3 is 2.64 bits per heavy atom. The number of rotatable bonds is 2. The Morgan fingerprint density at radius 2 is 1.86 bits per heavy atom. The molecule has 0 saturated heterocycles. The number of thiophene rings is 1. The van der Waals surface area contributed by atoms with E-state index in [9.17, 15) is 0 Å². The molecule has 0 fully saturated rings. The van der Waals surface area contributed by atoms with Crippen molar-refractivity contribution in [3.05, 3.63) is 82.7 Å². The van der Waals surface area contributed by atoms with Crippen molar-refractivity contribution in [1.82, 2.24) is 4.90 Å². The van der Waals surface area contributed by atoms with E-state index in [0.717, 1.165) is 13.1 Å². The summed E-state index contributed by atoms with van der Waals surface area (Å²) in [4.78, 5) is 3.78. The third kappa shape index (κ3) is 2.49. The molecular weight excluding hydrogens is 286 g/mol. The van der Waals surface area contributed by atoms with Crippen LogP contribution in [0, 0.1) is 0 Å². The number of fused-ring (bicyclic) bond motifs is 1. The highest BCUT2D eigenvalue weighted by Gasteiger charge is 2.24. The molecule has 0 spiro atoms. The quantitative estimate of drug-likeness (QED) is 0.644. The Hall–Kier alpha value is -1.90. The van der Waals surface area contributed by atoms with Crippen LogP contribution in [0.2, 0.25) is 0 Å². The molecule has 2 heterocycles. The van der Waals surface area contributed by atoms with Gasteiger partial charge in [-0.05, 0) is 46.8 Å². The molecule has 4 rings (SSSR count). The fourth-order valence-corrected chi connectivity index (χ4v) is 4.14. The summed E-state index contributed by atoms with van der Waals surface area (Å²) in [6, 6.07) is 22.2. The van der Waals surface area contributed by atoms with E-state index in [1.807, 2.05) is 11.3 Å². The van der Waals surface area contributed by atoms with Crippen LogP contribution in [-0.4, -0.2) is 18.5 Å². The van der Waals surface area contributed by atoms with Crippen LogP contribution in [0.25, 0.3) is 10.4 Å². The SMILES string of the molecule is CN1Cc2cc(-c3cccs3)ccc2[C@H](c2ccccc2)C1. The zero-order valence-electron chi connectivity index (χ0n) is 12.7. The Morgan fingerprint density at radius 1 is 1.00 bits per heavy atom. The van der Waals surface area contributed by atoms with E-state index < -0.39 is 0 Å². The van der Waals surface area contributed by atoms with Crippen LogP contribution in [0.3, 0.4) is 0 Å². The first-order chi connectivity index (χ1) is 10.8. The Labute approximate surface area is 135 Å². The summed E-state index contributed by atoms with van der Waals surface area (Å²) < 4.78 is 0. The van der Waals surface area contributed by atoms with Gasteiger partial charge in [0.2, 0.25) is 0 Å². The lowest BCUT2D eigenvalue weighted by Gasteiger charge is -2.33. The van der Waals surface area contributed by atoms with Crippen molar-refractivity contribution in [2.75, 3.05) is 13.6 Å². The van der Waals surface area contributed by atoms with Crippen LogP contribution in [0.15, 0.2) is 66.0 Å². The van der Waals surface area contributed by atoms with Crippen molar-refractivity contribution in [2.45, 2.75) is 12.5 Å². The van der Waals surface area contributed by atoms with E-state index in [1.54, 1.807) is 0 Å². The Bertz CT molecular complexity index is 762. The molecule has 1 nitrogen and oxygen atoms in total. The number of benzene rings is 2. The van der Waals surface area contributed by atoms with Gasteiger partial charge in [0.1, 0.15) is 0 Å². The molecule has 0 N–H and O–H groups in total. The molecule has 0 amide bonds. The standard InChI is InChI=1S/C20H19NS/c1-21-13-17-12-16(20-8-5-11-22-20)9-10-18(17)19(14-21)15-6-3-2-4-7-15/h2-12,19H,13-14H2,1H3/t19-/m0/s1. The molecule has 1 aliphatic heterocycles. The molecule has 2 aromatic carbocycles.